The average molecular weight is 206 g/mol. The second kappa shape index (κ2) is 3.22. The molecule has 2 fully saturated rings. The lowest BCUT2D eigenvalue weighted by Crippen LogP contribution is -2.31. The van der Waals surface area contributed by atoms with Gasteiger partial charge < -0.3 is 9.47 Å². The normalized spacial score (nSPS) is 39.3. The van der Waals surface area contributed by atoms with Crippen LogP contribution < -0.4 is 0 Å². The van der Waals surface area contributed by atoms with Crippen molar-refractivity contribution in [2.24, 2.45) is 0 Å². The van der Waals surface area contributed by atoms with E-state index in [9.17, 15) is 8.42 Å². The Morgan fingerprint density at radius 2 is 2.08 bits per heavy atom. The van der Waals surface area contributed by atoms with Gasteiger partial charge in [-0.3, -0.25) is 0 Å². The first kappa shape index (κ1) is 9.43. The zero-order chi connectivity index (χ0) is 9.47. The first-order valence-electron chi connectivity index (χ1n) is 4.54. The fourth-order valence-electron chi connectivity index (χ4n) is 1.73. The van der Waals surface area contributed by atoms with Gasteiger partial charge in [0.2, 0.25) is 0 Å². The van der Waals surface area contributed by atoms with Crippen LogP contribution in [0.15, 0.2) is 0 Å². The lowest BCUT2D eigenvalue weighted by molar-refractivity contribution is 0.126. The molecule has 13 heavy (non-hydrogen) atoms. The highest BCUT2D eigenvalue weighted by Crippen LogP contribution is 2.24. The Morgan fingerprint density at radius 3 is 2.54 bits per heavy atom. The van der Waals surface area contributed by atoms with Crippen molar-refractivity contribution in [3.8, 4) is 0 Å². The minimum Gasteiger partial charge on any atom is -0.377 e. The summed E-state index contributed by atoms with van der Waals surface area (Å²) < 4.78 is 33.6. The first-order valence-corrected chi connectivity index (χ1v) is 6.26. The molecule has 4 nitrogen and oxygen atoms in total. The molecule has 0 spiro atoms. The summed E-state index contributed by atoms with van der Waals surface area (Å²) in [6.07, 6.45) is 0.442. The van der Waals surface area contributed by atoms with Crippen LogP contribution in [0, 0.1) is 0 Å². The molecule has 0 radical (unpaired) electrons. The lowest BCUT2D eigenvalue weighted by Gasteiger charge is -2.13. The van der Waals surface area contributed by atoms with Crippen LogP contribution >= 0.6 is 0 Å². The zero-order valence-electron chi connectivity index (χ0n) is 7.60. The Hall–Kier alpha value is -0.130. The highest BCUT2D eigenvalue weighted by atomic mass is 32.2. The minimum atomic E-state index is -3.00. The Kier molecular flexibility index (Phi) is 2.33. The van der Waals surface area contributed by atoms with Crippen molar-refractivity contribution in [2.75, 3.05) is 19.0 Å². The summed E-state index contributed by atoms with van der Waals surface area (Å²) >= 11 is 0. The molecule has 0 bridgehead atoms. The summed E-state index contributed by atoms with van der Waals surface area (Å²) in [5, 5.41) is -0.309. The van der Waals surface area contributed by atoms with E-state index in [4.69, 9.17) is 9.47 Å². The molecule has 2 aliphatic rings. The number of ether oxygens (including phenoxy) is 2. The standard InChI is InChI=1S/C8H14O4S/c1-6-8(2-3-11-6)13(9,10)5-7-4-12-7/h6-8H,2-5H2,1H3. The van der Waals surface area contributed by atoms with Crippen molar-refractivity contribution in [1.82, 2.24) is 0 Å². The van der Waals surface area contributed by atoms with E-state index in [1.165, 1.54) is 0 Å². The zero-order valence-corrected chi connectivity index (χ0v) is 8.42. The van der Waals surface area contributed by atoms with E-state index < -0.39 is 9.84 Å². The van der Waals surface area contributed by atoms with E-state index >= 15 is 0 Å². The highest BCUT2D eigenvalue weighted by molar-refractivity contribution is 7.92. The van der Waals surface area contributed by atoms with Gasteiger partial charge in [-0.15, -0.1) is 0 Å². The van der Waals surface area contributed by atoms with Gasteiger partial charge in [0.05, 0.1) is 29.8 Å². The van der Waals surface area contributed by atoms with E-state index in [1.54, 1.807) is 0 Å². The van der Waals surface area contributed by atoms with Crippen LogP contribution in [0.3, 0.4) is 0 Å². The topological polar surface area (TPSA) is 55.9 Å². The van der Waals surface area contributed by atoms with Gasteiger partial charge in [-0.2, -0.15) is 0 Å². The molecule has 0 N–H and O–H groups in total. The molecule has 3 atom stereocenters. The smallest absolute Gasteiger partial charge is 0.158 e. The molecular formula is C8H14O4S. The summed E-state index contributed by atoms with van der Waals surface area (Å²) in [6, 6.07) is 0. The molecule has 0 aromatic rings. The van der Waals surface area contributed by atoms with Gasteiger partial charge in [0.1, 0.15) is 0 Å². The Balaban J connectivity index is 2.03. The van der Waals surface area contributed by atoms with Gasteiger partial charge in [-0.05, 0) is 13.3 Å². The van der Waals surface area contributed by atoms with Gasteiger partial charge in [-0.25, -0.2) is 8.42 Å². The van der Waals surface area contributed by atoms with Crippen LogP contribution in [-0.4, -0.2) is 44.8 Å². The molecule has 0 aliphatic carbocycles. The van der Waals surface area contributed by atoms with Crippen molar-refractivity contribution in [3.63, 3.8) is 0 Å². The van der Waals surface area contributed by atoms with E-state index in [1.807, 2.05) is 6.92 Å². The molecule has 0 aromatic heterocycles. The quantitative estimate of drug-likeness (QED) is 0.609. The molecular weight excluding hydrogens is 192 g/mol. The second-order valence-corrected chi connectivity index (χ2v) is 5.95. The molecule has 0 amide bonds. The van der Waals surface area contributed by atoms with Crippen LogP contribution in [0.5, 0.6) is 0 Å². The van der Waals surface area contributed by atoms with Gasteiger partial charge in [0, 0.05) is 6.61 Å². The van der Waals surface area contributed by atoms with Crippen LogP contribution in [-0.2, 0) is 19.3 Å². The maximum absolute atomic E-state index is 11.7. The first-order chi connectivity index (χ1) is 6.09. The van der Waals surface area contributed by atoms with E-state index in [0.717, 1.165) is 0 Å². The number of hydrogen-bond donors (Lipinski definition) is 0. The SMILES string of the molecule is CC1OCCC1S(=O)(=O)CC1CO1. The van der Waals surface area contributed by atoms with Gasteiger partial charge in [0.25, 0.3) is 0 Å². The van der Waals surface area contributed by atoms with E-state index in [-0.39, 0.29) is 23.2 Å². The third-order valence-corrected chi connectivity index (χ3v) is 4.97. The Bertz CT molecular complexity index is 281. The van der Waals surface area contributed by atoms with E-state index in [0.29, 0.717) is 19.6 Å². The van der Waals surface area contributed by atoms with Gasteiger partial charge in [0.15, 0.2) is 9.84 Å². The number of epoxide rings is 1. The molecule has 0 saturated carbocycles. The molecule has 3 unspecified atom stereocenters. The largest absolute Gasteiger partial charge is 0.377 e. The number of rotatable bonds is 3. The van der Waals surface area contributed by atoms with Gasteiger partial charge in [-0.1, -0.05) is 0 Å². The maximum atomic E-state index is 11.7. The summed E-state index contributed by atoms with van der Waals surface area (Å²) in [4.78, 5) is 0. The van der Waals surface area contributed by atoms with Crippen LogP contribution in [0.2, 0.25) is 0 Å². The van der Waals surface area contributed by atoms with Crippen molar-refractivity contribution < 1.29 is 17.9 Å². The molecule has 2 rings (SSSR count). The predicted octanol–water partition coefficient (Wildman–Crippen LogP) is -0.0226. The summed E-state index contributed by atoms with van der Waals surface area (Å²) in [6.45, 7) is 2.99. The van der Waals surface area contributed by atoms with Crippen molar-refractivity contribution in [3.05, 3.63) is 0 Å². The second-order valence-electron chi connectivity index (χ2n) is 3.69. The van der Waals surface area contributed by atoms with Crippen molar-refractivity contribution in [2.45, 2.75) is 30.8 Å². The lowest BCUT2D eigenvalue weighted by atomic mass is 10.3. The molecule has 2 heterocycles. The molecule has 2 aliphatic heterocycles. The highest BCUT2D eigenvalue weighted by Gasteiger charge is 2.39. The summed E-state index contributed by atoms with van der Waals surface area (Å²) in [5.74, 6) is 0.172. The fraction of sp³-hybridized carbons (Fsp3) is 1.00. The molecule has 2 saturated heterocycles. The minimum absolute atomic E-state index is 0.0437. The maximum Gasteiger partial charge on any atom is 0.158 e. The summed E-state index contributed by atoms with van der Waals surface area (Å²) in [7, 11) is -3.00. The third kappa shape index (κ3) is 2.03. The Morgan fingerprint density at radius 1 is 1.38 bits per heavy atom. The molecule has 76 valence electrons. The van der Waals surface area contributed by atoms with Crippen LogP contribution in [0.25, 0.3) is 0 Å². The number of hydrogen-bond acceptors (Lipinski definition) is 4. The third-order valence-electron chi connectivity index (χ3n) is 2.59. The molecule has 0 aromatic carbocycles. The van der Waals surface area contributed by atoms with Crippen molar-refractivity contribution >= 4 is 9.84 Å². The van der Waals surface area contributed by atoms with Gasteiger partial charge >= 0.3 is 0 Å². The predicted molar refractivity (Wildman–Crippen MR) is 47.3 cm³/mol. The average Bonchev–Trinajstić information content (AvgIpc) is 2.69. The summed E-state index contributed by atoms with van der Waals surface area (Å²) in [5.41, 5.74) is 0. The van der Waals surface area contributed by atoms with Crippen molar-refractivity contribution in [1.29, 1.82) is 0 Å². The van der Waals surface area contributed by atoms with Crippen LogP contribution in [0.1, 0.15) is 13.3 Å². The Labute approximate surface area is 78.1 Å². The van der Waals surface area contributed by atoms with Crippen LogP contribution in [0.4, 0.5) is 0 Å². The fourth-order valence-corrected chi connectivity index (χ4v) is 3.81. The monoisotopic (exact) mass is 206 g/mol. The van der Waals surface area contributed by atoms with E-state index in [2.05, 4.69) is 0 Å². The molecule has 5 heteroatoms. The number of sulfone groups is 1.